The van der Waals surface area contributed by atoms with Crippen LogP contribution in [-0.2, 0) is 18.6 Å². The van der Waals surface area contributed by atoms with Gasteiger partial charge in [-0.2, -0.15) is 0 Å². The van der Waals surface area contributed by atoms with Crippen LogP contribution in [0.25, 0.3) is 22.0 Å². The summed E-state index contributed by atoms with van der Waals surface area (Å²) in [4.78, 5) is 4.74. The van der Waals surface area contributed by atoms with Crippen LogP contribution >= 0.6 is 0 Å². The molecule has 0 amide bonds. The number of hydrogen-bond donors (Lipinski definition) is 0. The molecule has 2 heterocycles. The van der Waals surface area contributed by atoms with Crippen molar-refractivity contribution in [3.63, 3.8) is 0 Å². The summed E-state index contributed by atoms with van der Waals surface area (Å²) in [6, 6.07) is 11.8. The fourth-order valence-electron chi connectivity index (χ4n) is 2.95. The number of rotatable bonds is 3. The Bertz CT molecular complexity index is 942. The zero-order valence-electron chi connectivity index (χ0n) is 14.2. The number of methoxy groups -OCH3 is 2. The van der Waals surface area contributed by atoms with Crippen molar-refractivity contribution in [2.75, 3.05) is 21.0 Å². The quantitative estimate of drug-likeness (QED) is 0.695. The van der Waals surface area contributed by atoms with E-state index in [0.717, 1.165) is 39.2 Å². The van der Waals surface area contributed by atoms with Crippen LogP contribution in [0.2, 0.25) is 0 Å². The number of benzene rings is 2. The van der Waals surface area contributed by atoms with Crippen molar-refractivity contribution in [1.29, 1.82) is 0 Å². The number of hydrogen-bond acceptors (Lipinski definition) is 5. The first-order valence-corrected chi connectivity index (χ1v) is 7.63. The van der Waals surface area contributed by atoms with E-state index in [1.807, 2.05) is 43.3 Å². The Morgan fingerprint density at radius 2 is 1.64 bits per heavy atom. The van der Waals surface area contributed by atoms with Crippen LogP contribution in [0.15, 0.2) is 36.4 Å². The van der Waals surface area contributed by atoms with Gasteiger partial charge in [0.2, 0.25) is 6.79 Å². The van der Waals surface area contributed by atoms with E-state index >= 15 is 0 Å². The summed E-state index contributed by atoms with van der Waals surface area (Å²) in [5.74, 6) is 2.92. The Labute approximate surface area is 157 Å². The molecule has 6 heteroatoms. The maximum absolute atomic E-state index is 5.46. The van der Waals surface area contributed by atoms with Crippen molar-refractivity contribution < 1.29 is 37.5 Å². The smallest absolute Gasteiger partial charge is 0.231 e. The first-order chi connectivity index (χ1) is 11.7. The summed E-state index contributed by atoms with van der Waals surface area (Å²) in [5, 5.41) is 2.09. The van der Waals surface area contributed by atoms with Gasteiger partial charge in [-0.25, -0.2) is 0 Å². The molecule has 1 aliphatic rings. The molecule has 1 aromatic heterocycles. The summed E-state index contributed by atoms with van der Waals surface area (Å²) in [7, 11) is 3.27. The second-order valence-electron chi connectivity index (χ2n) is 5.59. The SMILES string of the molecule is COc1cc2cc(-c3ccc4c(c3)OCO4)nc(C)c2cc1OC.[V]. The van der Waals surface area contributed by atoms with Crippen LogP contribution in [0, 0.1) is 6.92 Å². The first kappa shape index (κ1) is 17.5. The van der Waals surface area contributed by atoms with Gasteiger partial charge in [0.05, 0.1) is 19.9 Å². The van der Waals surface area contributed by atoms with E-state index < -0.39 is 0 Å². The minimum atomic E-state index is 0. The van der Waals surface area contributed by atoms with Gasteiger partial charge in [0.15, 0.2) is 23.0 Å². The number of fused-ring (bicyclic) bond motifs is 2. The van der Waals surface area contributed by atoms with Crippen LogP contribution in [0.1, 0.15) is 5.69 Å². The van der Waals surface area contributed by atoms with Gasteiger partial charge in [0.25, 0.3) is 0 Å². The molecule has 0 saturated carbocycles. The summed E-state index contributed by atoms with van der Waals surface area (Å²) in [6.07, 6.45) is 0. The predicted octanol–water partition coefficient (Wildman–Crippen LogP) is 3.95. The van der Waals surface area contributed by atoms with Crippen LogP contribution in [-0.4, -0.2) is 26.0 Å². The van der Waals surface area contributed by atoms with Gasteiger partial charge < -0.3 is 18.9 Å². The second-order valence-corrected chi connectivity index (χ2v) is 5.59. The molecule has 1 radical (unpaired) electrons. The molecular formula is C19H17NO4V. The van der Waals surface area contributed by atoms with E-state index in [1.165, 1.54) is 0 Å². The zero-order chi connectivity index (χ0) is 16.7. The average Bonchev–Trinajstić information content (AvgIpc) is 3.08. The standard InChI is InChI=1S/C19H17NO4.V/c1-11-14-9-18(22-3)17(21-2)8-13(14)6-15(20-11)12-4-5-16-19(7-12)24-10-23-16;/h4-9H,10H2,1-3H3;. The molecule has 25 heavy (non-hydrogen) atoms. The van der Waals surface area contributed by atoms with Gasteiger partial charge in [-0.05, 0) is 48.7 Å². The van der Waals surface area contributed by atoms with E-state index in [1.54, 1.807) is 14.2 Å². The summed E-state index contributed by atoms with van der Waals surface area (Å²) < 4.78 is 21.6. The van der Waals surface area contributed by atoms with Crippen LogP contribution in [0.3, 0.4) is 0 Å². The van der Waals surface area contributed by atoms with Gasteiger partial charge >= 0.3 is 0 Å². The van der Waals surface area contributed by atoms with Crippen LogP contribution in [0.5, 0.6) is 23.0 Å². The molecule has 127 valence electrons. The number of aromatic nitrogens is 1. The third-order valence-corrected chi connectivity index (χ3v) is 4.19. The van der Waals surface area contributed by atoms with Gasteiger partial charge in [-0.1, -0.05) is 0 Å². The maximum Gasteiger partial charge on any atom is 0.231 e. The summed E-state index contributed by atoms with van der Waals surface area (Å²) in [5.41, 5.74) is 2.80. The van der Waals surface area contributed by atoms with E-state index in [-0.39, 0.29) is 25.3 Å². The fourth-order valence-corrected chi connectivity index (χ4v) is 2.95. The molecule has 5 nitrogen and oxygen atoms in total. The Morgan fingerprint density at radius 3 is 2.40 bits per heavy atom. The molecule has 0 saturated heterocycles. The summed E-state index contributed by atoms with van der Waals surface area (Å²) in [6.45, 7) is 2.25. The van der Waals surface area contributed by atoms with Gasteiger partial charge in [0.1, 0.15) is 0 Å². The number of nitrogens with zero attached hydrogens (tertiary/aromatic N) is 1. The van der Waals surface area contributed by atoms with Crippen LogP contribution < -0.4 is 18.9 Å². The Kier molecular flexibility index (Phi) is 4.79. The maximum atomic E-state index is 5.46. The van der Waals surface area contributed by atoms with Crippen molar-refractivity contribution in [2.24, 2.45) is 0 Å². The Morgan fingerprint density at radius 1 is 0.920 bits per heavy atom. The number of aryl methyl sites for hydroxylation is 1. The van der Waals surface area contributed by atoms with E-state index in [2.05, 4.69) is 0 Å². The molecule has 0 fully saturated rings. The molecule has 0 bridgehead atoms. The van der Waals surface area contributed by atoms with E-state index in [0.29, 0.717) is 11.5 Å². The molecule has 0 unspecified atom stereocenters. The monoisotopic (exact) mass is 374 g/mol. The van der Waals surface area contributed by atoms with Crippen molar-refractivity contribution in [1.82, 2.24) is 4.98 Å². The summed E-state index contributed by atoms with van der Waals surface area (Å²) >= 11 is 0. The fraction of sp³-hybridized carbons (Fsp3) is 0.211. The van der Waals surface area contributed by atoms with Crippen molar-refractivity contribution >= 4 is 10.8 Å². The third-order valence-electron chi connectivity index (χ3n) is 4.19. The normalized spacial score (nSPS) is 12.0. The predicted molar refractivity (Wildman–Crippen MR) is 91.1 cm³/mol. The molecule has 0 spiro atoms. The molecule has 0 aliphatic carbocycles. The topological polar surface area (TPSA) is 49.8 Å². The number of ether oxygens (including phenoxy) is 4. The zero-order valence-corrected chi connectivity index (χ0v) is 15.6. The molecule has 3 aromatic rings. The average molecular weight is 374 g/mol. The molecule has 2 aromatic carbocycles. The van der Waals surface area contributed by atoms with Crippen molar-refractivity contribution in [2.45, 2.75) is 6.92 Å². The third kappa shape index (κ3) is 3.01. The van der Waals surface area contributed by atoms with E-state index in [4.69, 9.17) is 23.9 Å². The Hall–Kier alpha value is -2.37. The molecule has 0 atom stereocenters. The Balaban J connectivity index is 0.00000182. The molecule has 1 aliphatic heterocycles. The molecule has 0 N–H and O–H groups in total. The van der Waals surface area contributed by atoms with Crippen molar-refractivity contribution in [3.05, 3.63) is 42.1 Å². The first-order valence-electron chi connectivity index (χ1n) is 7.63. The van der Waals surface area contributed by atoms with Crippen molar-refractivity contribution in [3.8, 4) is 34.3 Å². The molecule has 4 rings (SSSR count). The van der Waals surface area contributed by atoms with Gasteiger partial charge in [-0.3, -0.25) is 4.98 Å². The largest absolute Gasteiger partial charge is 0.493 e. The number of pyridine rings is 1. The molecular weight excluding hydrogens is 357 g/mol. The van der Waals surface area contributed by atoms with Gasteiger partial charge in [-0.15, -0.1) is 0 Å². The van der Waals surface area contributed by atoms with Crippen LogP contribution in [0.4, 0.5) is 0 Å². The minimum absolute atomic E-state index is 0. The second kappa shape index (κ2) is 6.86. The van der Waals surface area contributed by atoms with Gasteiger partial charge in [0, 0.05) is 35.2 Å². The van der Waals surface area contributed by atoms with E-state index in [9.17, 15) is 0 Å². The minimum Gasteiger partial charge on any atom is -0.493 e.